The average molecular weight is 244 g/mol. The quantitative estimate of drug-likeness (QED) is 0.769. The van der Waals surface area contributed by atoms with E-state index in [4.69, 9.17) is 4.74 Å². The summed E-state index contributed by atoms with van der Waals surface area (Å²) >= 11 is 0. The third-order valence-electron chi connectivity index (χ3n) is 2.75. The van der Waals surface area contributed by atoms with Gasteiger partial charge >= 0.3 is 0 Å². The fourth-order valence-corrected chi connectivity index (χ4v) is 1.93. The van der Waals surface area contributed by atoms with Gasteiger partial charge in [0.25, 0.3) is 0 Å². The zero-order chi connectivity index (χ0) is 13.1. The lowest BCUT2D eigenvalue weighted by Gasteiger charge is -2.11. The summed E-state index contributed by atoms with van der Waals surface area (Å²) in [5, 5.41) is 0. The molecule has 0 aromatic heterocycles. The molecule has 2 nitrogen and oxygen atoms in total. The van der Waals surface area contributed by atoms with Gasteiger partial charge in [0.15, 0.2) is 5.78 Å². The normalized spacial score (nSPS) is 10.2. The van der Waals surface area contributed by atoms with Gasteiger partial charge in [-0.05, 0) is 36.2 Å². The van der Waals surface area contributed by atoms with Gasteiger partial charge in [-0.15, -0.1) is 0 Å². The van der Waals surface area contributed by atoms with E-state index in [1.54, 1.807) is 18.2 Å². The van der Waals surface area contributed by atoms with Crippen molar-refractivity contribution in [3.63, 3.8) is 0 Å². The molecule has 0 heterocycles. The third kappa shape index (κ3) is 2.25. The van der Waals surface area contributed by atoms with Gasteiger partial charge in [0.05, 0.1) is 12.7 Å². The number of Topliss-reactive ketones (excluding diaryl/α,β-unsaturated/α-hetero) is 1. The Balaban J connectivity index is 2.63. The second-order valence-electron chi connectivity index (χ2n) is 3.95. The van der Waals surface area contributed by atoms with E-state index in [0.29, 0.717) is 11.3 Å². The van der Waals surface area contributed by atoms with E-state index in [1.165, 1.54) is 26.2 Å². The first-order valence-corrected chi connectivity index (χ1v) is 5.57. The molecule has 0 saturated heterocycles. The van der Waals surface area contributed by atoms with Crippen LogP contribution in [-0.4, -0.2) is 12.9 Å². The Morgan fingerprint density at radius 1 is 1.11 bits per heavy atom. The number of halogens is 1. The van der Waals surface area contributed by atoms with Crippen LogP contribution < -0.4 is 4.74 Å². The summed E-state index contributed by atoms with van der Waals surface area (Å²) in [4.78, 5) is 11.7. The predicted molar refractivity (Wildman–Crippen MR) is 68.4 cm³/mol. The van der Waals surface area contributed by atoms with Crippen LogP contribution in [-0.2, 0) is 0 Å². The minimum atomic E-state index is -0.300. The third-order valence-corrected chi connectivity index (χ3v) is 2.75. The molecular formula is C15H13FO2. The lowest BCUT2D eigenvalue weighted by atomic mass is 9.96. The van der Waals surface area contributed by atoms with Crippen molar-refractivity contribution in [1.82, 2.24) is 0 Å². The minimum absolute atomic E-state index is 0.0771. The van der Waals surface area contributed by atoms with Crippen molar-refractivity contribution in [3.8, 4) is 16.9 Å². The highest BCUT2D eigenvalue weighted by atomic mass is 19.1. The Morgan fingerprint density at radius 3 is 2.33 bits per heavy atom. The zero-order valence-electron chi connectivity index (χ0n) is 10.2. The summed E-state index contributed by atoms with van der Waals surface area (Å²) in [6.07, 6.45) is 0. The molecule has 0 saturated carbocycles. The highest BCUT2D eigenvalue weighted by Gasteiger charge is 2.14. The van der Waals surface area contributed by atoms with Crippen LogP contribution in [0.1, 0.15) is 17.3 Å². The number of rotatable bonds is 3. The Morgan fingerprint density at radius 2 is 1.78 bits per heavy atom. The lowest BCUT2D eigenvalue weighted by molar-refractivity contribution is 0.101. The molecule has 0 aliphatic heterocycles. The average Bonchev–Trinajstić information content (AvgIpc) is 2.38. The molecule has 92 valence electrons. The van der Waals surface area contributed by atoms with Crippen LogP contribution in [0.2, 0.25) is 0 Å². The standard InChI is InChI=1S/C15H13FO2/c1-10(17)15-13(4-3-5-14(15)18-2)11-6-8-12(16)9-7-11/h3-9H,1-2H3. The Hall–Kier alpha value is -2.16. The Kier molecular flexibility index (Phi) is 3.42. The monoisotopic (exact) mass is 244 g/mol. The van der Waals surface area contributed by atoms with Crippen LogP contribution in [0.3, 0.4) is 0 Å². The first kappa shape index (κ1) is 12.3. The number of ketones is 1. The molecule has 0 aliphatic rings. The van der Waals surface area contributed by atoms with E-state index >= 15 is 0 Å². The van der Waals surface area contributed by atoms with Gasteiger partial charge in [-0.25, -0.2) is 4.39 Å². The van der Waals surface area contributed by atoms with Crippen molar-refractivity contribution in [2.75, 3.05) is 7.11 Å². The molecule has 3 heteroatoms. The van der Waals surface area contributed by atoms with Gasteiger partial charge in [0.2, 0.25) is 0 Å². The molecule has 2 aromatic rings. The van der Waals surface area contributed by atoms with Gasteiger partial charge < -0.3 is 4.74 Å². The maximum Gasteiger partial charge on any atom is 0.164 e. The molecule has 0 bridgehead atoms. The molecule has 0 N–H and O–H groups in total. The number of methoxy groups -OCH3 is 1. The molecule has 0 radical (unpaired) electrons. The molecule has 18 heavy (non-hydrogen) atoms. The second kappa shape index (κ2) is 5.00. The minimum Gasteiger partial charge on any atom is -0.496 e. The molecule has 0 spiro atoms. The SMILES string of the molecule is COc1cccc(-c2ccc(F)cc2)c1C(C)=O. The summed E-state index contributed by atoms with van der Waals surface area (Å²) in [6, 6.07) is 11.4. The van der Waals surface area contributed by atoms with Gasteiger partial charge in [0.1, 0.15) is 11.6 Å². The zero-order valence-corrected chi connectivity index (χ0v) is 10.2. The number of carbonyl (C=O) groups excluding carboxylic acids is 1. The number of benzene rings is 2. The first-order chi connectivity index (χ1) is 8.63. The van der Waals surface area contributed by atoms with Gasteiger partial charge in [-0.3, -0.25) is 4.79 Å². The molecule has 0 unspecified atom stereocenters. The first-order valence-electron chi connectivity index (χ1n) is 5.57. The van der Waals surface area contributed by atoms with E-state index in [2.05, 4.69) is 0 Å². The summed E-state index contributed by atoms with van der Waals surface area (Å²) in [6.45, 7) is 1.49. The van der Waals surface area contributed by atoms with Gasteiger partial charge in [-0.1, -0.05) is 24.3 Å². The van der Waals surface area contributed by atoms with Crippen LogP contribution in [0.15, 0.2) is 42.5 Å². The topological polar surface area (TPSA) is 26.3 Å². The van der Waals surface area contributed by atoms with Crippen LogP contribution in [0.25, 0.3) is 11.1 Å². The largest absolute Gasteiger partial charge is 0.496 e. The molecule has 2 rings (SSSR count). The maximum absolute atomic E-state index is 12.9. The summed E-state index contributed by atoms with van der Waals surface area (Å²) in [5.41, 5.74) is 2.06. The van der Waals surface area contributed by atoms with Gasteiger partial charge in [-0.2, -0.15) is 0 Å². The van der Waals surface area contributed by atoms with Crippen molar-refractivity contribution < 1.29 is 13.9 Å². The van der Waals surface area contributed by atoms with E-state index < -0.39 is 0 Å². The Labute approximate surface area is 105 Å². The lowest BCUT2D eigenvalue weighted by Crippen LogP contribution is -2.00. The van der Waals surface area contributed by atoms with E-state index in [9.17, 15) is 9.18 Å². The Bertz CT molecular complexity index is 574. The highest BCUT2D eigenvalue weighted by molar-refractivity contribution is 6.03. The second-order valence-corrected chi connectivity index (χ2v) is 3.95. The fourth-order valence-electron chi connectivity index (χ4n) is 1.93. The maximum atomic E-state index is 12.9. The predicted octanol–water partition coefficient (Wildman–Crippen LogP) is 3.70. The van der Waals surface area contributed by atoms with Crippen LogP contribution in [0.5, 0.6) is 5.75 Å². The fraction of sp³-hybridized carbons (Fsp3) is 0.133. The summed E-state index contributed by atoms with van der Waals surface area (Å²) in [7, 11) is 1.52. The molecule has 2 aromatic carbocycles. The van der Waals surface area contributed by atoms with Gasteiger partial charge in [0, 0.05) is 0 Å². The number of hydrogen-bond acceptors (Lipinski definition) is 2. The summed E-state index contributed by atoms with van der Waals surface area (Å²) < 4.78 is 18.1. The molecule has 0 atom stereocenters. The molecule has 0 fully saturated rings. The number of ether oxygens (including phenoxy) is 1. The van der Waals surface area contributed by atoms with Crippen molar-refractivity contribution in [2.24, 2.45) is 0 Å². The van der Waals surface area contributed by atoms with Crippen molar-refractivity contribution in [1.29, 1.82) is 0 Å². The van der Waals surface area contributed by atoms with Crippen molar-refractivity contribution in [3.05, 3.63) is 53.8 Å². The number of hydrogen-bond donors (Lipinski definition) is 0. The van der Waals surface area contributed by atoms with Crippen LogP contribution in [0.4, 0.5) is 4.39 Å². The van der Waals surface area contributed by atoms with E-state index in [-0.39, 0.29) is 11.6 Å². The molecule has 0 amide bonds. The summed E-state index contributed by atoms with van der Waals surface area (Å²) in [5.74, 6) is 0.155. The number of carbonyl (C=O) groups is 1. The molecular weight excluding hydrogens is 231 g/mol. The molecule has 0 aliphatic carbocycles. The smallest absolute Gasteiger partial charge is 0.164 e. The van der Waals surface area contributed by atoms with Crippen molar-refractivity contribution >= 4 is 5.78 Å². The van der Waals surface area contributed by atoms with Crippen LogP contribution in [0, 0.1) is 5.82 Å². The van der Waals surface area contributed by atoms with Crippen molar-refractivity contribution in [2.45, 2.75) is 6.92 Å². The van der Waals surface area contributed by atoms with E-state index in [0.717, 1.165) is 11.1 Å². The van der Waals surface area contributed by atoms with Crippen LogP contribution >= 0.6 is 0 Å². The van der Waals surface area contributed by atoms with E-state index in [1.807, 2.05) is 12.1 Å². The highest BCUT2D eigenvalue weighted by Crippen LogP contribution is 2.31.